The Balaban J connectivity index is 1.40. The first-order valence-electron chi connectivity index (χ1n) is 10.7. The molecule has 0 spiro atoms. The lowest BCUT2D eigenvalue weighted by Gasteiger charge is -2.35. The van der Waals surface area contributed by atoms with Gasteiger partial charge in [0.05, 0.1) is 13.2 Å². The third-order valence-electron chi connectivity index (χ3n) is 6.46. The number of aromatic amines is 1. The molecule has 2 heterocycles. The molecule has 1 aromatic heterocycles. The molecule has 1 fully saturated rings. The number of aryl methyl sites for hydroxylation is 2. The van der Waals surface area contributed by atoms with Crippen molar-refractivity contribution >= 4 is 22.5 Å². The Morgan fingerprint density at radius 2 is 1.93 bits per heavy atom. The zero-order valence-electron chi connectivity index (χ0n) is 18.3. The standard InChI is InChI=1S/C25H31N3O2/c1-16-5-7-23(17(2)13-16)27-25(29)18(3)28-11-9-19(10-12-28)22-15-26-24-8-6-20(30-4)14-21(22)24/h5-8,13-15,18-19,26H,9-12H2,1-4H3,(H,27,29). The van der Waals surface area contributed by atoms with Crippen LogP contribution in [0.4, 0.5) is 5.69 Å². The third-order valence-corrected chi connectivity index (χ3v) is 6.46. The largest absolute Gasteiger partial charge is 0.497 e. The van der Waals surface area contributed by atoms with Crippen LogP contribution in [0.3, 0.4) is 0 Å². The van der Waals surface area contributed by atoms with E-state index in [1.54, 1.807) is 7.11 Å². The number of nitrogens with one attached hydrogen (secondary N) is 2. The molecule has 1 amide bonds. The average Bonchev–Trinajstić information content (AvgIpc) is 3.18. The van der Waals surface area contributed by atoms with Gasteiger partial charge in [0.15, 0.2) is 0 Å². The van der Waals surface area contributed by atoms with Crippen molar-refractivity contribution in [2.75, 3.05) is 25.5 Å². The fourth-order valence-corrected chi connectivity index (χ4v) is 4.54. The highest BCUT2D eigenvalue weighted by Gasteiger charge is 2.28. The predicted octanol–water partition coefficient (Wildman–Crippen LogP) is 5.00. The molecule has 5 heteroatoms. The lowest BCUT2D eigenvalue weighted by molar-refractivity contribution is -0.121. The number of hydrogen-bond acceptors (Lipinski definition) is 3. The second-order valence-electron chi connectivity index (χ2n) is 8.45. The maximum absolute atomic E-state index is 12.8. The van der Waals surface area contributed by atoms with Gasteiger partial charge in [-0.1, -0.05) is 17.7 Å². The van der Waals surface area contributed by atoms with Gasteiger partial charge in [-0.05, 0) is 88.0 Å². The SMILES string of the molecule is COc1ccc2[nH]cc(C3CCN(C(C)C(=O)Nc4ccc(C)cc4C)CC3)c2c1. The molecule has 5 nitrogen and oxygen atoms in total. The Kier molecular flexibility index (Phi) is 5.82. The number of amides is 1. The number of carbonyl (C=O) groups is 1. The minimum absolute atomic E-state index is 0.0669. The van der Waals surface area contributed by atoms with Gasteiger partial charge in [-0.3, -0.25) is 9.69 Å². The number of ether oxygens (including phenoxy) is 1. The Morgan fingerprint density at radius 3 is 2.63 bits per heavy atom. The van der Waals surface area contributed by atoms with Crippen molar-refractivity contribution < 1.29 is 9.53 Å². The Morgan fingerprint density at radius 1 is 1.17 bits per heavy atom. The number of H-pyrrole nitrogens is 1. The number of benzene rings is 2. The quantitative estimate of drug-likeness (QED) is 0.628. The van der Waals surface area contributed by atoms with Crippen LogP contribution >= 0.6 is 0 Å². The van der Waals surface area contributed by atoms with E-state index in [-0.39, 0.29) is 11.9 Å². The number of methoxy groups -OCH3 is 1. The number of likely N-dealkylation sites (tertiary alicyclic amines) is 1. The molecule has 2 aromatic carbocycles. The molecule has 0 radical (unpaired) electrons. The third kappa shape index (κ3) is 4.08. The summed E-state index contributed by atoms with van der Waals surface area (Å²) in [5.41, 5.74) is 5.71. The highest BCUT2D eigenvalue weighted by molar-refractivity contribution is 5.95. The highest BCUT2D eigenvalue weighted by Crippen LogP contribution is 2.35. The highest BCUT2D eigenvalue weighted by atomic mass is 16.5. The zero-order valence-corrected chi connectivity index (χ0v) is 18.3. The van der Waals surface area contributed by atoms with Crippen LogP contribution in [0.5, 0.6) is 5.75 Å². The molecule has 158 valence electrons. The molecule has 0 aliphatic carbocycles. The monoisotopic (exact) mass is 405 g/mol. The molecule has 1 unspecified atom stereocenters. The van der Waals surface area contributed by atoms with Crippen LogP contribution < -0.4 is 10.1 Å². The van der Waals surface area contributed by atoms with E-state index in [2.05, 4.69) is 46.5 Å². The number of fused-ring (bicyclic) bond motifs is 1. The van der Waals surface area contributed by atoms with Crippen LogP contribution in [0, 0.1) is 13.8 Å². The van der Waals surface area contributed by atoms with Gasteiger partial charge in [-0.2, -0.15) is 0 Å². The molecular weight excluding hydrogens is 374 g/mol. The van der Waals surface area contributed by atoms with E-state index >= 15 is 0 Å². The van der Waals surface area contributed by atoms with Crippen molar-refractivity contribution in [1.82, 2.24) is 9.88 Å². The average molecular weight is 406 g/mol. The van der Waals surface area contributed by atoms with Gasteiger partial charge in [-0.15, -0.1) is 0 Å². The molecule has 1 atom stereocenters. The number of rotatable bonds is 5. The fourth-order valence-electron chi connectivity index (χ4n) is 4.54. The number of hydrogen-bond donors (Lipinski definition) is 2. The Labute approximate surface area is 178 Å². The van der Waals surface area contributed by atoms with Crippen molar-refractivity contribution in [3.63, 3.8) is 0 Å². The van der Waals surface area contributed by atoms with Gasteiger partial charge in [0, 0.05) is 22.8 Å². The van der Waals surface area contributed by atoms with Crippen LogP contribution in [0.25, 0.3) is 10.9 Å². The van der Waals surface area contributed by atoms with Crippen molar-refractivity contribution in [3.05, 3.63) is 59.3 Å². The second kappa shape index (κ2) is 8.52. The molecule has 1 aliphatic rings. The smallest absolute Gasteiger partial charge is 0.241 e. The van der Waals surface area contributed by atoms with Gasteiger partial charge in [0.25, 0.3) is 0 Å². The lowest BCUT2D eigenvalue weighted by atomic mass is 9.88. The van der Waals surface area contributed by atoms with Crippen LogP contribution in [0.2, 0.25) is 0 Å². The summed E-state index contributed by atoms with van der Waals surface area (Å²) in [5.74, 6) is 1.45. The Hall–Kier alpha value is -2.79. The van der Waals surface area contributed by atoms with E-state index in [1.807, 2.05) is 32.0 Å². The topological polar surface area (TPSA) is 57.4 Å². The van der Waals surface area contributed by atoms with Crippen LogP contribution in [0.1, 0.15) is 42.4 Å². The van der Waals surface area contributed by atoms with E-state index in [0.717, 1.165) is 48.4 Å². The van der Waals surface area contributed by atoms with Gasteiger partial charge in [0.2, 0.25) is 5.91 Å². The number of anilines is 1. The van der Waals surface area contributed by atoms with Crippen molar-refractivity contribution in [2.45, 2.75) is 45.6 Å². The maximum Gasteiger partial charge on any atom is 0.241 e. The molecule has 30 heavy (non-hydrogen) atoms. The molecule has 0 bridgehead atoms. The van der Waals surface area contributed by atoms with Gasteiger partial charge in [0.1, 0.15) is 5.75 Å². The molecule has 0 saturated carbocycles. The molecular formula is C25H31N3O2. The van der Waals surface area contributed by atoms with Crippen molar-refractivity contribution in [2.24, 2.45) is 0 Å². The maximum atomic E-state index is 12.8. The first-order valence-corrected chi connectivity index (χ1v) is 10.7. The minimum atomic E-state index is -0.144. The predicted molar refractivity (Wildman–Crippen MR) is 122 cm³/mol. The molecule has 1 saturated heterocycles. The van der Waals surface area contributed by atoms with E-state index in [4.69, 9.17) is 4.74 Å². The summed E-state index contributed by atoms with van der Waals surface area (Å²) in [6.45, 7) is 7.95. The van der Waals surface area contributed by atoms with E-state index in [1.165, 1.54) is 16.5 Å². The van der Waals surface area contributed by atoms with Crippen molar-refractivity contribution in [1.29, 1.82) is 0 Å². The van der Waals surface area contributed by atoms with E-state index in [0.29, 0.717) is 5.92 Å². The minimum Gasteiger partial charge on any atom is -0.497 e. The first-order chi connectivity index (χ1) is 14.5. The summed E-state index contributed by atoms with van der Waals surface area (Å²) in [6, 6.07) is 12.2. The molecule has 4 rings (SSSR count). The summed E-state index contributed by atoms with van der Waals surface area (Å²) >= 11 is 0. The van der Waals surface area contributed by atoms with Gasteiger partial charge in [-0.25, -0.2) is 0 Å². The summed E-state index contributed by atoms with van der Waals surface area (Å²) in [7, 11) is 1.70. The molecule has 2 N–H and O–H groups in total. The number of nitrogens with zero attached hydrogens (tertiary/aromatic N) is 1. The fraction of sp³-hybridized carbons (Fsp3) is 0.400. The lowest BCUT2D eigenvalue weighted by Crippen LogP contribution is -2.45. The Bertz CT molecular complexity index is 1050. The normalized spacial score (nSPS) is 16.5. The van der Waals surface area contributed by atoms with Crippen LogP contribution in [0.15, 0.2) is 42.6 Å². The van der Waals surface area contributed by atoms with E-state index in [9.17, 15) is 4.79 Å². The van der Waals surface area contributed by atoms with E-state index < -0.39 is 0 Å². The summed E-state index contributed by atoms with van der Waals surface area (Å²) in [5, 5.41) is 4.35. The number of carbonyl (C=O) groups excluding carboxylic acids is 1. The summed E-state index contributed by atoms with van der Waals surface area (Å²) < 4.78 is 5.41. The zero-order chi connectivity index (χ0) is 21.3. The van der Waals surface area contributed by atoms with Gasteiger partial charge >= 0.3 is 0 Å². The summed E-state index contributed by atoms with van der Waals surface area (Å²) in [6.07, 6.45) is 4.23. The number of piperidine rings is 1. The number of aromatic nitrogens is 1. The van der Waals surface area contributed by atoms with Gasteiger partial charge < -0.3 is 15.0 Å². The second-order valence-corrected chi connectivity index (χ2v) is 8.45. The van der Waals surface area contributed by atoms with Crippen LogP contribution in [-0.4, -0.2) is 42.0 Å². The van der Waals surface area contributed by atoms with Crippen molar-refractivity contribution in [3.8, 4) is 5.75 Å². The summed E-state index contributed by atoms with van der Waals surface area (Å²) in [4.78, 5) is 18.5. The first kappa shape index (κ1) is 20.5. The molecule has 1 aliphatic heterocycles. The van der Waals surface area contributed by atoms with Crippen LogP contribution in [-0.2, 0) is 4.79 Å². The molecule has 3 aromatic rings.